The van der Waals surface area contributed by atoms with Gasteiger partial charge in [-0.2, -0.15) is 5.10 Å². The molecule has 0 aliphatic rings. The van der Waals surface area contributed by atoms with Gasteiger partial charge in [-0.15, -0.1) is 0 Å². The Morgan fingerprint density at radius 3 is 2.81 bits per heavy atom. The molecule has 2 N–H and O–H groups in total. The summed E-state index contributed by atoms with van der Waals surface area (Å²) >= 11 is 5.67. The van der Waals surface area contributed by atoms with E-state index in [4.69, 9.17) is 11.6 Å². The van der Waals surface area contributed by atoms with Crippen LogP contribution in [-0.2, 0) is 16.4 Å². The Balaban J connectivity index is 2.47. The smallest absolute Gasteiger partial charge is 0.263 e. The van der Waals surface area contributed by atoms with Gasteiger partial charge in [-0.05, 0) is 18.6 Å². The number of H-pyrrole nitrogens is 1. The fourth-order valence-electron chi connectivity index (χ4n) is 1.72. The fourth-order valence-corrected chi connectivity index (χ4v) is 3.10. The summed E-state index contributed by atoms with van der Waals surface area (Å²) in [5.74, 6) is 0.182. The number of aryl methyl sites for hydroxylation is 1. The standard InChI is InChI=1S/C11H11ClN4O4S/c1-2-7-6-13-14-11(7)15-21(19,20)10-4-3-8(12)5-9(10)16(17)18/h3-6H,2H2,1H3,(H2,13,14,15). The third-order valence-electron chi connectivity index (χ3n) is 2.74. The summed E-state index contributed by atoms with van der Waals surface area (Å²) < 4.78 is 26.9. The topological polar surface area (TPSA) is 118 Å². The van der Waals surface area contributed by atoms with Gasteiger partial charge in [-0.25, -0.2) is 8.42 Å². The zero-order valence-electron chi connectivity index (χ0n) is 10.8. The summed E-state index contributed by atoms with van der Waals surface area (Å²) in [4.78, 5) is 9.72. The van der Waals surface area contributed by atoms with Crippen molar-refractivity contribution in [2.45, 2.75) is 18.2 Å². The molecule has 10 heteroatoms. The third-order valence-corrected chi connectivity index (χ3v) is 4.37. The lowest BCUT2D eigenvalue weighted by molar-refractivity contribution is -0.387. The second kappa shape index (κ2) is 5.70. The van der Waals surface area contributed by atoms with Gasteiger partial charge in [0.15, 0.2) is 4.90 Å². The molecule has 0 atom stereocenters. The molecule has 0 saturated heterocycles. The van der Waals surface area contributed by atoms with Crippen molar-refractivity contribution < 1.29 is 13.3 Å². The summed E-state index contributed by atoms with van der Waals surface area (Å²) in [7, 11) is -4.13. The summed E-state index contributed by atoms with van der Waals surface area (Å²) in [6.45, 7) is 1.83. The highest BCUT2D eigenvalue weighted by atomic mass is 35.5. The molecule has 0 fully saturated rings. The molecule has 0 aliphatic carbocycles. The lowest BCUT2D eigenvalue weighted by Gasteiger charge is -2.08. The molecule has 2 rings (SSSR count). The number of nitro groups is 1. The number of aromatic nitrogens is 2. The Morgan fingerprint density at radius 2 is 2.19 bits per heavy atom. The molecular formula is C11H11ClN4O4S. The molecule has 0 bridgehead atoms. The second-order valence-corrected chi connectivity index (χ2v) is 6.19. The number of nitrogens with one attached hydrogen (secondary N) is 2. The predicted molar refractivity (Wildman–Crippen MR) is 76.9 cm³/mol. The van der Waals surface area contributed by atoms with E-state index in [0.29, 0.717) is 12.0 Å². The van der Waals surface area contributed by atoms with Crippen LogP contribution < -0.4 is 4.72 Å². The van der Waals surface area contributed by atoms with Crippen molar-refractivity contribution in [3.05, 3.63) is 45.1 Å². The monoisotopic (exact) mass is 330 g/mol. The van der Waals surface area contributed by atoms with Crippen LogP contribution in [0.1, 0.15) is 12.5 Å². The van der Waals surface area contributed by atoms with Crippen molar-refractivity contribution in [3.8, 4) is 0 Å². The number of sulfonamides is 1. The molecule has 0 unspecified atom stereocenters. The van der Waals surface area contributed by atoms with Gasteiger partial charge in [-0.1, -0.05) is 18.5 Å². The Kier molecular flexibility index (Phi) is 4.14. The highest BCUT2D eigenvalue weighted by molar-refractivity contribution is 7.92. The maximum Gasteiger partial charge on any atom is 0.291 e. The van der Waals surface area contributed by atoms with Crippen molar-refractivity contribution >= 4 is 33.1 Å². The van der Waals surface area contributed by atoms with Crippen LogP contribution >= 0.6 is 11.6 Å². The Morgan fingerprint density at radius 1 is 1.48 bits per heavy atom. The summed E-state index contributed by atoms with van der Waals surface area (Å²) in [6.07, 6.45) is 2.03. The van der Waals surface area contributed by atoms with Crippen LogP contribution in [0.4, 0.5) is 11.5 Å². The van der Waals surface area contributed by atoms with E-state index in [0.717, 1.165) is 12.1 Å². The van der Waals surface area contributed by atoms with Gasteiger partial charge in [0, 0.05) is 16.7 Å². The first-order chi connectivity index (χ1) is 9.85. The van der Waals surface area contributed by atoms with E-state index in [2.05, 4.69) is 14.9 Å². The maximum absolute atomic E-state index is 12.3. The molecular weight excluding hydrogens is 320 g/mol. The Hall–Kier alpha value is -2.13. The SMILES string of the molecule is CCc1cn[nH]c1NS(=O)(=O)c1ccc(Cl)cc1[N+](=O)[O-]. The summed E-state index contributed by atoms with van der Waals surface area (Å²) in [5.41, 5.74) is 0.0581. The maximum atomic E-state index is 12.3. The molecule has 1 heterocycles. The molecule has 0 aliphatic heterocycles. The van der Waals surface area contributed by atoms with Crippen LogP contribution in [-0.4, -0.2) is 23.5 Å². The zero-order chi connectivity index (χ0) is 15.6. The minimum atomic E-state index is -4.13. The molecule has 8 nitrogen and oxygen atoms in total. The number of hydrogen-bond donors (Lipinski definition) is 2. The van der Waals surface area contributed by atoms with Gasteiger partial charge in [0.05, 0.1) is 11.1 Å². The molecule has 1 aromatic heterocycles. The normalized spacial score (nSPS) is 11.3. The fraction of sp³-hybridized carbons (Fsp3) is 0.182. The molecule has 0 saturated carbocycles. The van der Waals surface area contributed by atoms with Crippen LogP contribution in [0.5, 0.6) is 0 Å². The van der Waals surface area contributed by atoms with Gasteiger partial charge in [-0.3, -0.25) is 19.9 Å². The highest BCUT2D eigenvalue weighted by Crippen LogP contribution is 2.28. The van der Waals surface area contributed by atoms with Gasteiger partial charge in [0.25, 0.3) is 15.7 Å². The quantitative estimate of drug-likeness (QED) is 0.644. The van der Waals surface area contributed by atoms with Crippen LogP contribution in [0.25, 0.3) is 0 Å². The van der Waals surface area contributed by atoms with Crippen molar-refractivity contribution in [2.75, 3.05) is 4.72 Å². The molecule has 0 radical (unpaired) electrons. The van der Waals surface area contributed by atoms with Crippen LogP contribution in [0.3, 0.4) is 0 Å². The van der Waals surface area contributed by atoms with Crippen molar-refractivity contribution in [1.82, 2.24) is 10.2 Å². The molecule has 2 aromatic rings. The average Bonchev–Trinajstić information content (AvgIpc) is 2.84. The van der Waals surface area contributed by atoms with Gasteiger partial charge in [0.1, 0.15) is 5.82 Å². The predicted octanol–water partition coefficient (Wildman–Crippen LogP) is 2.33. The Labute approximate surface area is 125 Å². The number of nitro benzene ring substituents is 1. The van der Waals surface area contributed by atoms with E-state index in [-0.39, 0.29) is 10.8 Å². The first-order valence-electron chi connectivity index (χ1n) is 5.84. The minimum absolute atomic E-state index is 0.0800. The van der Waals surface area contributed by atoms with Gasteiger partial charge in [0.2, 0.25) is 0 Å². The van der Waals surface area contributed by atoms with Crippen molar-refractivity contribution in [3.63, 3.8) is 0 Å². The number of nitrogens with zero attached hydrogens (tertiary/aromatic N) is 2. The molecule has 0 spiro atoms. The minimum Gasteiger partial charge on any atom is -0.263 e. The van der Waals surface area contributed by atoms with E-state index < -0.39 is 25.5 Å². The number of hydrogen-bond acceptors (Lipinski definition) is 5. The summed E-state index contributed by atoms with van der Waals surface area (Å²) in [5, 5.41) is 17.3. The number of aromatic amines is 1. The van der Waals surface area contributed by atoms with Crippen molar-refractivity contribution in [2.24, 2.45) is 0 Å². The van der Waals surface area contributed by atoms with Gasteiger partial charge >= 0.3 is 0 Å². The van der Waals surface area contributed by atoms with E-state index in [1.165, 1.54) is 12.3 Å². The van der Waals surface area contributed by atoms with Crippen LogP contribution in [0.2, 0.25) is 5.02 Å². The number of rotatable bonds is 5. The molecule has 21 heavy (non-hydrogen) atoms. The molecule has 0 amide bonds. The third kappa shape index (κ3) is 3.14. The molecule has 112 valence electrons. The Bertz CT molecular complexity index is 787. The highest BCUT2D eigenvalue weighted by Gasteiger charge is 2.27. The average molecular weight is 331 g/mol. The lowest BCUT2D eigenvalue weighted by atomic mass is 10.3. The second-order valence-electron chi connectivity index (χ2n) is 4.10. The van der Waals surface area contributed by atoms with E-state index in [1.807, 2.05) is 6.92 Å². The number of anilines is 1. The number of benzene rings is 1. The van der Waals surface area contributed by atoms with Crippen LogP contribution in [0.15, 0.2) is 29.3 Å². The summed E-state index contributed by atoms with van der Waals surface area (Å²) in [6, 6.07) is 3.35. The number of halogens is 1. The van der Waals surface area contributed by atoms with Crippen LogP contribution in [0, 0.1) is 10.1 Å². The zero-order valence-corrected chi connectivity index (χ0v) is 12.4. The lowest BCUT2D eigenvalue weighted by Crippen LogP contribution is -2.16. The largest absolute Gasteiger partial charge is 0.291 e. The molecule has 1 aromatic carbocycles. The first kappa shape index (κ1) is 15.3. The van der Waals surface area contributed by atoms with Gasteiger partial charge < -0.3 is 0 Å². The first-order valence-corrected chi connectivity index (χ1v) is 7.70. The van der Waals surface area contributed by atoms with E-state index in [1.54, 1.807) is 0 Å². The van der Waals surface area contributed by atoms with E-state index in [9.17, 15) is 18.5 Å². The van der Waals surface area contributed by atoms with Crippen molar-refractivity contribution in [1.29, 1.82) is 0 Å². The van der Waals surface area contributed by atoms with E-state index >= 15 is 0 Å².